The number of nitrogens with zero attached hydrogens (tertiary/aromatic N) is 4. The standard InChI is InChI=1S/C21H22N4O2/c1-27-17-7-4-6-16(14-17)21(26)25-11-5-10-24(12-13-25)20-15-22-18-8-2-3-9-19(18)23-20/h2-4,6-9,14-15H,5,10-13H2,1H3. The van der Waals surface area contributed by atoms with Crippen molar-refractivity contribution < 1.29 is 9.53 Å². The fraction of sp³-hybridized carbons (Fsp3) is 0.286. The molecule has 0 N–H and O–H groups in total. The SMILES string of the molecule is COc1cccc(C(=O)N2CCCN(c3cnc4ccccc4n3)CC2)c1. The van der Waals surface area contributed by atoms with Gasteiger partial charge in [-0.1, -0.05) is 18.2 Å². The Hall–Kier alpha value is -3.15. The Labute approximate surface area is 158 Å². The molecule has 1 aromatic heterocycles. The molecule has 0 saturated carbocycles. The van der Waals surface area contributed by atoms with E-state index in [4.69, 9.17) is 9.72 Å². The van der Waals surface area contributed by atoms with Gasteiger partial charge in [-0.25, -0.2) is 4.98 Å². The highest BCUT2D eigenvalue weighted by atomic mass is 16.5. The minimum Gasteiger partial charge on any atom is -0.497 e. The molecule has 1 amide bonds. The topological polar surface area (TPSA) is 58.6 Å². The van der Waals surface area contributed by atoms with E-state index in [1.165, 1.54) is 0 Å². The van der Waals surface area contributed by atoms with E-state index in [0.717, 1.165) is 42.9 Å². The van der Waals surface area contributed by atoms with Gasteiger partial charge < -0.3 is 14.5 Å². The summed E-state index contributed by atoms with van der Waals surface area (Å²) >= 11 is 0. The van der Waals surface area contributed by atoms with Crippen LogP contribution < -0.4 is 9.64 Å². The first-order valence-electron chi connectivity index (χ1n) is 9.15. The fourth-order valence-corrected chi connectivity index (χ4v) is 3.39. The number of para-hydroxylation sites is 2. The molecule has 1 fully saturated rings. The number of hydrogen-bond donors (Lipinski definition) is 0. The zero-order valence-corrected chi connectivity index (χ0v) is 15.3. The van der Waals surface area contributed by atoms with Crippen LogP contribution in [0.4, 0.5) is 5.82 Å². The zero-order valence-electron chi connectivity index (χ0n) is 15.3. The number of aromatic nitrogens is 2. The number of anilines is 1. The van der Waals surface area contributed by atoms with Crippen LogP contribution in [0.25, 0.3) is 11.0 Å². The van der Waals surface area contributed by atoms with Crippen molar-refractivity contribution in [2.24, 2.45) is 0 Å². The summed E-state index contributed by atoms with van der Waals surface area (Å²) in [5.74, 6) is 1.61. The highest BCUT2D eigenvalue weighted by Crippen LogP contribution is 2.19. The molecule has 1 aliphatic heterocycles. The summed E-state index contributed by atoms with van der Waals surface area (Å²) in [7, 11) is 1.61. The predicted molar refractivity (Wildman–Crippen MR) is 105 cm³/mol. The lowest BCUT2D eigenvalue weighted by Crippen LogP contribution is -2.35. The third-order valence-corrected chi connectivity index (χ3v) is 4.86. The molecule has 1 saturated heterocycles. The second-order valence-corrected chi connectivity index (χ2v) is 6.58. The predicted octanol–water partition coefficient (Wildman–Crippen LogP) is 2.99. The number of methoxy groups -OCH3 is 1. The van der Waals surface area contributed by atoms with Gasteiger partial charge in [0, 0.05) is 31.7 Å². The smallest absolute Gasteiger partial charge is 0.254 e. The number of fused-ring (bicyclic) bond motifs is 1. The number of rotatable bonds is 3. The van der Waals surface area contributed by atoms with Crippen molar-refractivity contribution in [2.75, 3.05) is 38.2 Å². The van der Waals surface area contributed by atoms with Crippen molar-refractivity contribution in [1.29, 1.82) is 0 Å². The Morgan fingerprint density at radius 2 is 1.85 bits per heavy atom. The normalized spacial score (nSPS) is 14.9. The van der Waals surface area contributed by atoms with E-state index in [1.807, 2.05) is 53.6 Å². The molecule has 4 rings (SSSR count). The Morgan fingerprint density at radius 1 is 1.00 bits per heavy atom. The van der Waals surface area contributed by atoms with Crippen LogP contribution in [0.1, 0.15) is 16.8 Å². The molecule has 3 aromatic rings. The molecule has 27 heavy (non-hydrogen) atoms. The van der Waals surface area contributed by atoms with E-state index < -0.39 is 0 Å². The number of carbonyl (C=O) groups excluding carboxylic acids is 1. The number of benzene rings is 2. The van der Waals surface area contributed by atoms with Crippen LogP contribution in [0.3, 0.4) is 0 Å². The van der Waals surface area contributed by atoms with Crippen molar-refractivity contribution >= 4 is 22.8 Å². The van der Waals surface area contributed by atoms with E-state index >= 15 is 0 Å². The summed E-state index contributed by atoms with van der Waals surface area (Å²) in [4.78, 5) is 26.2. The van der Waals surface area contributed by atoms with Crippen LogP contribution in [-0.2, 0) is 0 Å². The highest BCUT2D eigenvalue weighted by Gasteiger charge is 2.21. The molecular weight excluding hydrogens is 340 g/mol. The van der Waals surface area contributed by atoms with Gasteiger partial charge in [0.05, 0.1) is 24.3 Å². The second kappa shape index (κ2) is 7.61. The van der Waals surface area contributed by atoms with Gasteiger partial charge in [0.2, 0.25) is 0 Å². The van der Waals surface area contributed by atoms with Crippen molar-refractivity contribution in [2.45, 2.75) is 6.42 Å². The van der Waals surface area contributed by atoms with Gasteiger partial charge >= 0.3 is 0 Å². The summed E-state index contributed by atoms with van der Waals surface area (Å²) in [5, 5.41) is 0. The summed E-state index contributed by atoms with van der Waals surface area (Å²) in [5.41, 5.74) is 2.45. The summed E-state index contributed by atoms with van der Waals surface area (Å²) in [6.07, 6.45) is 2.71. The van der Waals surface area contributed by atoms with E-state index in [9.17, 15) is 4.79 Å². The second-order valence-electron chi connectivity index (χ2n) is 6.58. The van der Waals surface area contributed by atoms with Crippen LogP contribution in [0.2, 0.25) is 0 Å². The fourth-order valence-electron chi connectivity index (χ4n) is 3.39. The average Bonchev–Trinajstić information content (AvgIpc) is 2.99. The van der Waals surface area contributed by atoms with Crippen molar-refractivity contribution in [1.82, 2.24) is 14.9 Å². The molecule has 6 heteroatoms. The summed E-state index contributed by atoms with van der Waals surface area (Å²) in [6, 6.07) is 15.2. The summed E-state index contributed by atoms with van der Waals surface area (Å²) < 4.78 is 5.23. The first-order valence-corrected chi connectivity index (χ1v) is 9.15. The first-order chi connectivity index (χ1) is 13.2. The van der Waals surface area contributed by atoms with Crippen LogP contribution in [0, 0.1) is 0 Å². The van der Waals surface area contributed by atoms with Crippen LogP contribution in [0.5, 0.6) is 5.75 Å². The molecule has 0 atom stereocenters. The Kier molecular flexibility index (Phi) is 4.87. The number of hydrogen-bond acceptors (Lipinski definition) is 5. The van der Waals surface area contributed by atoms with Crippen LogP contribution >= 0.6 is 0 Å². The minimum absolute atomic E-state index is 0.0420. The van der Waals surface area contributed by atoms with Crippen LogP contribution in [0.15, 0.2) is 54.7 Å². The number of ether oxygens (including phenoxy) is 1. The molecule has 0 aliphatic carbocycles. The lowest BCUT2D eigenvalue weighted by atomic mass is 10.2. The van der Waals surface area contributed by atoms with Gasteiger partial charge in [0.1, 0.15) is 11.6 Å². The highest BCUT2D eigenvalue weighted by molar-refractivity contribution is 5.94. The van der Waals surface area contributed by atoms with Gasteiger partial charge in [0.25, 0.3) is 5.91 Å². The molecule has 2 heterocycles. The first kappa shape index (κ1) is 17.3. The number of carbonyl (C=O) groups is 1. The van der Waals surface area contributed by atoms with Gasteiger partial charge in [-0.15, -0.1) is 0 Å². The molecule has 0 spiro atoms. The maximum Gasteiger partial charge on any atom is 0.254 e. The molecule has 6 nitrogen and oxygen atoms in total. The Bertz CT molecular complexity index is 960. The molecule has 138 valence electrons. The maximum atomic E-state index is 12.9. The van der Waals surface area contributed by atoms with Gasteiger partial charge in [-0.2, -0.15) is 0 Å². The quantitative estimate of drug-likeness (QED) is 0.717. The van der Waals surface area contributed by atoms with E-state index in [1.54, 1.807) is 13.2 Å². The van der Waals surface area contributed by atoms with Gasteiger partial charge in [0.15, 0.2) is 0 Å². The molecule has 0 bridgehead atoms. The lowest BCUT2D eigenvalue weighted by Gasteiger charge is -2.23. The minimum atomic E-state index is 0.0420. The van der Waals surface area contributed by atoms with Gasteiger partial charge in [-0.05, 0) is 36.8 Å². The number of amides is 1. The van der Waals surface area contributed by atoms with E-state index in [-0.39, 0.29) is 5.91 Å². The molecule has 0 radical (unpaired) electrons. The average molecular weight is 362 g/mol. The molecule has 2 aromatic carbocycles. The van der Waals surface area contributed by atoms with Gasteiger partial charge in [-0.3, -0.25) is 9.78 Å². The monoisotopic (exact) mass is 362 g/mol. The van der Waals surface area contributed by atoms with Crippen LogP contribution in [-0.4, -0.2) is 54.1 Å². The maximum absolute atomic E-state index is 12.9. The third kappa shape index (κ3) is 3.69. The zero-order chi connectivity index (χ0) is 18.6. The van der Waals surface area contributed by atoms with E-state index in [0.29, 0.717) is 17.9 Å². The Morgan fingerprint density at radius 3 is 2.70 bits per heavy atom. The van der Waals surface area contributed by atoms with Crippen molar-refractivity contribution in [3.63, 3.8) is 0 Å². The van der Waals surface area contributed by atoms with Crippen molar-refractivity contribution in [3.05, 3.63) is 60.3 Å². The summed E-state index contributed by atoms with van der Waals surface area (Å²) in [6.45, 7) is 2.98. The Balaban J connectivity index is 1.48. The molecule has 1 aliphatic rings. The molecular formula is C21H22N4O2. The van der Waals surface area contributed by atoms with Crippen molar-refractivity contribution in [3.8, 4) is 5.75 Å². The third-order valence-electron chi connectivity index (χ3n) is 4.86. The lowest BCUT2D eigenvalue weighted by molar-refractivity contribution is 0.0766. The largest absolute Gasteiger partial charge is 0.497 e. The van der Waals surface area contributed by atoms with E-state index in [2.05, 4.69) is 9.88 Å². The molecule has 0 unspecified atom stereocenters.